The minimum absolute atomic E-state index is 0.0781. The normalized spacial score (nSPS) is 12.7. The highest BCUT2D eigenvalue weighted by Crippen LogP contribution is 2.40. The molecule has 0 heterocycles. The number of rotatable bonds is 18. The summed E-state index contributed by atoms with van der Waals surface area (Å²) in [5, 5.41) is 6.19. The molecule has 0 aromatic heterocycles. The molecule has 488 valence electrons. The van der Waals surface area contributed by atoms with Gasteiger partial charge in [-0.25, -0.2) is 21.6 Å². The average Bonchev–Trinajstić information content (AvgIpc) is 0.752. The summed E-state index contributed by atoms with van der Waals surface area (Å²) in [6.07, 6.45) is 0. The van der Waals surface area contributed by atoms with Gasteiger partial charge in [0.2, 0.25) is 0 Å². The Kier molecular flexibility index (Phi) is 18.2. The molecule has 0 unspecified atom stereocenters. The highest BCUT2D eigenvalue weighted by molar-refractivity contribution is 7.93. The number of fused-ring (bicyclic) bond motifs is 2. The number of aryl methyl sites for hydroxylation is 6. The van der Waals surface area contributed by atoms with Gasteiger partial charge in [-0.05, 0) is 160 Å². The average molecular weight is 1430 g/mol. The maximum atomic E-state index is 14.2. The molecule has 12 N–H and O–H groups in total. The van der Waals surface area contributed by atoms with Crippen LogP contribution < -0.4 is 30.7 Å². The molecule has 0 spiro atoms. The van der Waals surface area contributed by atoms with E-state index in [9.17, 15) is 109 Å². The van der Waals surface area contributed by atoms with Crippen LogP contribution in [0.4, 0.5) is 38.9 Å². The molecular weight excluding hydrogens is 1380 g/mol. The van der Waals surface area contributed by atoms with Crippen molar-refractivity contribution in [2.75, 3.05) is 30.7 Å². The van der Waals surface area contributed by atoms with E-state index in [4.69, 9.17) is 0 Å². The molecule has 0 aliphatic heterocycles. The molecular formula is C53H48N6O25S8. The molecule has 8 rings (SSSR count). The summed E-state index contributed by atoms with van der Waals surface area (Å²) < 4.78 is 269. The molecule has 8 aromatic rings. The second-order valence-corrected chi connectivity index (χ2v) is 32.1. The second kappa shape index (κ2) is 24.2. The fourth-order valence-corrected chi connectivity index (χ4v) is 16.3. The van der Waals surface area contributed by atoms with Crippen molar-refractivity contribution in [1.29, 1.82) is 0 Å². The summed E-state index contributed by atoms with van der Waals surface area (Å²) in [7, 11) is -41.5. The fourth-order valence-electron chi connectivity index (χ4n) is 9.48. The third-order valence-corrected chi connectivity index (χ3v) is 22.1. The van der Waals surface area contributed by atoms with Gasteiger partial charge in [0.05, 0.1) is 42.3 Å². The van der Waals surface area contributed by atoms with Crippen molar-refractivity contribution in [3.05, 3.63) is 154 Å². The number of carbonyl (C=O) groups excluding carboxylic acids is 3. The summed E-state index contributed by atoms with van der Waals surface area (Å²) in [5.74, 6) is -2.25. The van der Waals surface area contributed by atoms with E-state index in [2.05, 4.69) is 30.7 Å². The molecule has 0 saturated carbocycles. The third-order valence-electron chi connectivity index (χ3n) is 13.8. The number of hydrogen-bond acceptors (Lipinski definition) is 19. The smallest absolute Gasteiger partial charge is 0.321 e. The number of urea groups is 1. The number of nitrogens with one attached hydrogen (secondary N) is 6. The molecule has 8 aromatic carbocycles. The molecule has 0 bridgehead atoms. The van der Waals surface area contributed by atoms with E-state index in [0.717, 1.165) is 36.4 Å². The van der Waals surface area contributed by atoms with Crippen LogP contribution in [-0.4, -0.2) is 113 Å². The zero-order valence-corrected chi connectivity index (χ0v) is 54.1. The number of benzene rings is 8. The zero-order valence-electron chi connectivity index (χ0n) is 47.6. The SMILES string of the molecule is Cc1cc(C)c(S(=O)(=O)Nc2cc(C(=O)Nc3ccc(S(=O)(=O)O)c4cc(S(=O)(=O)O)cc(S(=O)(=O)O)c34)ccc2C)cc1NC(=O)Nc1cc(S(=O)(=O)Nc2cc(C(=O)Nc3ccc(S(=O)(=O)O)c4cc(S(=O)(=O)O)cc(S(=O)(=O)O)c34)ccc2C)c(C)cc1C. The van der Waals surface area contributed by atoms with E-state index in [1.807, 2.05) is 0 Å². The standard InChI is InChI=1S/C53H48N6O25S8/c1-25-7-9-31(51(60)54-37-11-13-43(89(73,74)75)35-19-33(87(67,68)69)21-47(49(35)37)91(79,80)81)17-41(25)58-85(63,64)45-23-39(27(3)15-29(45)5)56-53(62)57-40-24-46(30(6)16-28(40)4)86(65,66)59-42-18-32(10-8-26(42)2)52(61)55-38-12-14-44(90(76,77)78)36-20-34(88(70,71)72)22-48(50(36)38)92(82,83)84/h7-24,58-59H,1-6H3,(H,54,60)(H,55,61)(H2,56,57,62)(H,67,68,69)(H,70,71,72)(H,73,74,75)(H,76,77,78)(H,79,80,81)(H,82,83,84). The van der Waals surface area contributed by atoms with Gasteiger partial charge < -0.3 is 21.3 Å². The highest BCUT2D eigenvalue weighted by atomic mass is 32.2. The van der Waals surface area contributed by atoms with E-state index in [-0.39, 0.29) is 68.3 Å². The summed E-state index contributed by atoms with van der Waals surface area (Å²) in [6, 6.07) is 15.4. The lowest BCUT2D eigenvalue weighted by Crippen LogP contribution is -2.22. The largest absolute Gasteiger partial charge is 0.323 e. The zero-order chi connectivity index (χ0) is 68.7. The number of hydrogen-bond donors (Lipinski definition) is 12. The lowest BCUT2D eigenvalue weighted by atomic mass is 10.1. The van der Waals surface area contributed by atoms with E-state index < -0.39 is 171 Å². The first-order chi connectivity index (χ1) is 42.1. The molecule has 0 atom stereocenters. The van der Waals surface area contributed by atoms with Crippen molar-refractivity contribution in [3.8, 4) is 0 Å². The topological polar surface area (TPSA) is 518 Å². The molecule has 0 aliphatic carbocycles. The van der Waals surface area contributed by atoms with Crippen LogP contribution in [0.15, 0.2) is 148 Å². The van der Waals surface area contributed by atoms with E-state index in [1.165, 1.54) is 77.9 Å². The molecule has 92 heavy (non-hydrogen) atoms. The van der Waals surface area contributed by atoms with E-state index >= 15 is 0 Å². The molecule has 39 heteroatoms. The Bertz CT molecular complexity index is 5230. The van der Waals surface area contributed by atoms with E-state index in [0.29, 0.717) is 35.4 Å². The lowest BCUT2D eigenvalue weighted by molar-refractivity contribution is 0.101. The number of anilines is 6. The summed E-state index contributed by atoms with van der Waals surface area (Å²) in [6.45, 7) is 8.79. The highest BCUT2D eigenvalue weighted by Gasteiger charge is 2.31. The van der Waals surface area contributed by atoms with Crippen LogP contribution >= 0.6 is 0 Å². The maximum absolute atomic E-state index is 14.2. The summed E-state index contributed by atoms with van der Waals surface area (Å²) in [5.41, 5.74) is -1.01. The first kappa shape index (κ1) is 69.3. The maximum Gasteiger partial charge on any atom is 0.323 e. The fraction of sp³-hybridized carbons (Fsp3) is 0.113. The molecule has 4 amide bonds. The van der Waals surface area contributed by atoms with Crippen LogP contribution in [0.1, 0.15) is 54.1 Å². The van der Waals surface area contributed by atoms with Crippen LogP contribution in [0.25, 0.3) is 21.5 Å². The van der Waals surface area contributed by atoms with Gasteiger partial charge in [-0.3, -0.25) is 46.3 Å². The van der Waals surface area contributed by atoms with Crippen LogP contribution in [-0.2, 0) is 80.8 Å². The number of amides is 4. The van der Waals surface area contributed by atoms with Gasteiger partial charge in [-0.2, -0.15) is 50.5 Å². The lowest BCUT2D eigenvalue weighted by Gasteiger charge is -2.18. The first-order valence-corrected chi connectivity index (χ1v) is 36.9. The van der Waals surface area contributed by atoms with E-state index in [1.54, 1.807) is 0 Å². The Balaban J connectivity index is 1.02. The van der Waals surface area contributed by atoms with Crippen LogP contribution in [0.3, 0.4) is 0 Å². The minimum atomic E-state index is -5.50. The summed E-state index contributed by atoms with van der Waals surface area (Å²) >= 11 is 0. The molecule has 0 aliphatic rings. The molecule has 0 radical (unpaired) electrons. The predicted molar refractivity (Wildman–Crippen MR) is 331 cm³/mol. The predicted octanol–water partition coefficient (Wildman–Crippen LogP) is 7.07. The Labute approximate surface area is 524 Å². The van der Waals surface area contributed by atoms with Gasteiger partial charge in [0, 0.05) is 44.0 Å². The molecule has 31 nitrogen and oxygen atoms in total. The van der Waals surface area contributed by atoms with Gasteiger partial charge >= 0.3 is 6.03 Å². The molecule has 0 saturated heterocycles. The quantitative estimate of drug-likeness (QED) is 0.0382. The minimum Gasteiger partial charge on any atom is -0.321 e. The van der Waals surface area contributed by atoms with Crippen molar-refractivity contribution in [2.45, 2.75) is 80.7 Å². The van der Waals surface area contributed by atoms with Crippen molar-refractivity contribution in [3.63, 3.8) is 0 Å². The number of carbonyl (C=O) groups is 3. The Morgan fingerprint density at radius 1 is 0.293 bits per heavy atom. The molecule has 0 fully saturated rings. The van der Waals surface area contributed by atoms with Crippen molar-refractivity contribution < 1.29 is 109 Å². The van der Waals surface area contributed by atoms with Crippen LogP contribution in [0.5, 0.6) is 0 Å². The Morgan fingerprint density at radius 2 is 0.620 bits per heavy atom. The van der Waals surface area contributed by atoms with Gasteiger partial charge in [-0.1, -0.05) is 24.3 Å². The van der Waals surface area contributed by atoms with Crippen molar-refractivity contribution >= 4 is 154 Å². The van der Waals surface area contributed by atoms with Gasteiger partial charge in [-0.15, -0.1) is 0 Å². The van der Waals surface area contributed by atoms with Gasteiger partial charge in [0.1, 0.15) is 19.6 Å². The monoisotopic (exact) mass is 1420 g/mol. The Morgan fingerprint density at radius 3 is 0.924 bits per heavy atom. The second-order valence-electron chi connectivity index (χ2n) is 20.4. The Hall–Kier alpha value is -8.55. The van der Waals surface area contributed by atoms with Gasteiger partial charge in [0.25, 0.3) is 92.6 Å². The first-order valence-electron chi connectivity index (χ1n) is 25.3. The van der Waals surface area contributed by atoms with Gasteiger partial charge in [0.15, 0.2) is 0 Å². The number of sulfonamides is 2. The van der Waals surface area contributed by atoms with Crippen LogP contribution in [0, 0.1) is 41.5 Å². The summed E-state index contributed by atoms with van der Waals surface area (Å²) in [4.78, 5) is 33.3. The third kappa shape index (κ3) is 14.7. The van der Waals surface area contributed by atoms with Crippen LogP contribution in [0.2, 0.25) is 0 Å². The van der Waals surface area contributed by atoms with Crippen molar-refractivity contribution in [2.24, 2.45) is 0 Å². The van der Waals surface area contributed by atoms with Crippen molar-refractivity contribution in [1.82, 2.24) is 0 Å².